The fraction of sp³-hybridized carbons (Fsp3) is 1.00. The summed E-state index contributed by atoms with van der Waals surface area (Å²) in [6, 6.07) is 0. The second-order valence-corrected chi connectivity index (χ2v) is 5.84. The first-order valence-corrected chi connectivity index (χ1v) is 7.13. The van der Waals surface area contributed by atoms with Crippen LogP contribution in [-0.4, -0.2) is 26.3 Å². The molecule has 2 saturated carbocycles. The van der Waals surface area contributed by atoms with Gasteiger partial charge in [-0.25, -0.2) is 0 Å². The van der Waals surface area contributed by atoms with E-state index in [1.165, 1.54) is 51.5 Å². The van der Waals surface area contributed by atoms with Crippen molar-refractivity contribution >= 4 is 0 Å². The molecule has 0 saturated heterocycles. The lowest BCUT2D eigenvalue weighted by Crippen LogP contribution is -2.36. The Hall–Kier alpha value is -0.0800. The zero-order valence-corrected chi connectivity index (χ0v) is 10.8. The standard InChI is InChI=1S/C14H27NO/c1-2-9-15-11-14(7-3-4-8-14)12-16-10-13-5-6-13/h13,15H,2-12H2,1H3. The van der Waals surface area contributed by atoms with Crippen LogP contribution in [0.4, 0.5) is 0 Å². The summed E-state index contributed by atoms with van der Waals surface area (Å²) < 4.78 is 5.94. The van der Waals surface area contributed by atoms with Crippen LogP contribution < -0.4 is 5.32 Å². The average molecular weight is 225 g/mol. The molecule has 2 rings (SSSR count). The highest BCUT2D eigenvalue weighted by atomic mass is 16.5. The molecule has 2 aliphatic rings. The molecule has 2 aliphatic carbocycles. The molecule has 1 N–H and O–H groups in total. The zero-order valence-electron chi connectivity index (χ0n) is 10.8. The van der Waals surface area contributed by atoms with Crippen molar-refractivity contribution in [1.82, 2.24) is 5.32 Å². The van der Waals surface area contributed by atoms with Gasteiger partial charge in [0.05, 0.1) is 6.61 Å². The molecule has 0 heterocycles. The molecule has 0 aliphatic heterocycles. The van der Waals surface area contributed by atoms with Gasteiger partial charge in [-0.15, -0.1) is 0 Å². The minimum absolute atomic E-state index is 0.476. The Kier molecular flexibility index (Phi) is 4.66. The highest BCUT2D eigenvalue weighted by Gasteiger charge is 2.34. The van der Waals surface area contributed by atoms with Crippen LogP contribution in [0.5, 0.6) is 0 Å². The summed E-state index contributed by atoms with van der Waals surface area (Å²) in [5, 5.41) is 3.59. The van der Waals surface area contributed by atoms with E-state index in [1.807, 2.05) is 0 Å². The summed E-state index contributed by atoms with van der Waals surface area (Å²) in [4.78, 5) is 0. The highest BCUT2D eigenvalue weighted by Crippen LogP contribution is 2.38. The van der Waals surface area contributed by atoms with Crippen LogP contribution in [-0.2, 0) is 4.74 Å². The van der Waals surface area contributed by atoms with E-state index < -0.39 is 0 Å². The third-order valence-corrected chi connectivity index (χ3v) is 4.05. The smallest absolute Gasteiger partial charge is 0.0534 e. The Morgan fingerprint density at radius 2 is 2.00 bits per heavy atom. The van der Waals surface area contributed by atoms with Crippen molar-refractivity contribution in [3.63, 3.8) is 0 Å². The topological polar surface area (TPSA) is 21.3 Å². The fourth-order valence-electron chi connectivity index (χ4n) is 2.75. The van der Waals surface area contributed by atoms with Crippen LogP contribution in [0.25, 0.3) is 0 Å². The van der Waals surface area contributed by atoms with Gasteiger partial charge in [-0.2, -0.15) is 0 Å². The molecule has 0 amide bonds. The first-order valence-electron chi connectivity index (χ1n) is 7.13. The van der Waals surface area contributed by atoms with E-state index >= 15 is 0 Å². The third-order valence-electron chi connectivity index (χ3n) is 4.05. The monoisotopic (exact) mass is 225 g/mol. The first-order chi connectivity index (χ1) is 7.85. The molecule has 0 aromatic heterocycles. The van der Waals surface area contributed by atoms with Crippen molar-refractivity contribution in [1.29, 1.82) is 0 Å². The third kappa shape index (κ3) is 3.74. The molecule has 2 heteroatoms. The number of rotatable bonds is 8. The van der Waals surface area contributed by atoms with E-state index in [1.54, 1.807) is 0 Å². The molecule has 0 bridgehead atoms. The minimum atomic E-state index is 0.476. The van der Waals surface area contributed by atoms with Crippen molar-refractivity contribution in [2.75, 3.05) is 26.3 Å². The Bertz CT molecular complexity index is 195. The summed E-state index contributed by atoms with van der Waals surface area (Å²) in [5.74, 6) is 0.905. The molecule has 2 fully saturated rings. The number of hydrogen-bond acceptors (Lipinski definition) is 2. The van der Waals surface area contributed by atoms with E-state index in [9.17, 15) is 0 Å². The Labute approximate surface area is 100 Å². The predicted molar refractivity (Wildman–Crippen MR) is 67.6 cm³/mol. The van der Waals surface area contributed by atoms with Gasteiger partial charge in [-0.05, 0) is 44.6 Å². The van der Waals surface area contributed by atoms with Gasteiger partial charge in [-0.1, -0.05) is 19.8 Å². The van der Waals surface area contributed by atoms with Gasteiger partial charge in [0.1, 0.15) is 0 Å². The second-order valence-electron chi connectivity index (χ2n) is 5.84. The van der Waals surface area contributed by atoms with Crippen LogP contribution in [0, 0.1) is 11.3 Å². The molecule has 0 unspecified atom stereocenters. The molecule has 0 atom stereocenters. The van der Waals surface area contributed by atoms with Crippen LogP contribution in [0.3, 0.4) is 0 Å². The Balaban J connectivity index is 1.68. The maximum atomic E-state index is 5.94. The Morgan fingerprint density at radius 3 is 2.62 bits per heavy atom. The van der Waals surface area contributed by atoms with Gasteiger partial charge in [0.2, 0.25) is 0 Å². The Morgan fingerprint density at radius 1 is 1.25 bits per heavy atom. The molecule has 2 nitrogen and oxygen atoms in total. The summed E-state index contributed by atoms with van der Waals surface area (Å²) in [7, 11) is 0. The molecule has 0 radical (unpaired) electrons. The maximum absolute atomic E-state index is 5.94. The number of hydrogen-bond donors (Lipinski definition) is 1. The SMILES string of the molecule is CCCNCC1(COCC2CC2)CCCC1. The molecule has 0 aromatic rings. The molecule has 94 valence electrons. The van der Waals surface area contributed by atoms with Gasteiger partial charge in [-0.3, -0.25) is 0 Å². The molecular formula is C14H27NO. The van der Waals surface area contributed by atoms with E-state index in [0.29, 0.717) is 5.41 Å². The van der Waals surface area contributed by atoms with E-state index in [4.69, 9.17) is 4.74 Å². The summed E-state index contributed by atoms with van der Waals surface area (Å²) in [6.45, 7) is 6.59. The van der Waals surface area contributed by atoms with E-state index in [-0.39, 0.29) is 0 Å². The van der Waals surface area contributed by atoms with E-state index in [0.717, 1.165) is 25.7 Å². The second kappa shape index (κ2) is 6.02. The van der Waals surface area contributed by atoms with Crippen LogP contribution in [0.15, 0.2) is 0 Å². The maximum Gasteiger partial charge on any atom is 0.0534 e. The van der Waals surface area contributed by atoms with Crippen molar-refractivity contribution in [2.45, 2.75) is 51.9 Å². The van der Waals surface area contributed by atoms with E-state index in [2.05, 4.69) is 12.2 Å². The largest absolute Gasteiger partial charge is 0.381 e. The van der Waals surface area contributed by atoms with Gasteiger partial charge in [0.25, 0.3) is 0 Å². The van der Waals surface area contributed by atoms with Crippen molar-refractivity contribution in [2.24, 2.45) is 11.3 Å². The number of ether oxygens (including phenoxy) is 1. The number of nitrogens with one attached hydrogen (secondary N) is 1. The van der Waals surface area contributed by atoms with Gasteiger partial charge in [0, 0.05) is 18.6 Å². The molecule has 16 heavy (non-hydrogen) atoms. The molecular weight excluding hydrogens is 198 g/mol. The zero-order chi connectivity index (χ0) is 11.3. The summed E-state index contributed by atoms with van der Waals surface area (Å²) >= 11 is 0. The van der Waals surface area contributed by atoms with Gasteiger partial charge >= 0.3 is 0 Å². The molecule has 0 spiro atoms. The normalized spacial score (nSPS) is 23.8. The summed E-state index contributed by atoms with van der Waals surface area (Å²) in [5.41, 5.74) is 0.476. The lowest BCUT2D eigenvalue weighted by Gasteiger charge is -2.29. The lowest BCUT2D eigenvalue weighted by molar-refractivity contribution is 0.0405. The average Bonchev–Trinajstić information content (AvgIpc) is 2.99. The van der Waals surface area contributed by atoms with Gasteiger partial charge in [0.15, 0.2) is 0 Å². The fourth-order valence-corrected chi connectivity index (χ4v) is 2.75. The van der Waals surface area contributed by atoms with Crippen molar-refractivity contribution in [3.05, 3.63) is 0 Å². The highest BCUT2D eigenvalue weighted by molar-refractivity contribution is 4.87. The van der Waals surface area contributed by atoms with Gasteiger partial charge < -0.3 is 10.1 Å². The van der Waals surface area contributed by atoms with Crippen LogP contribution in [0.1, 0.15) is 51.9 Å². The van der Waals surface area contributed by atoms with Crippen molar-refractivity contribution in [3.8, 4) is 0 Å². The first kappa shape index (κ1) is 12.4. The minimum Gasteiger partial charge on any atom is -0.381 e. The summed E-state index contributed by atoms with van der Waals surface area (Å²) in [6.07, 6.45) is 9.59. The van der Waals surface area contributed by atoms with Crippen molar-refractivity contribution < 1.29 is 4.74 Å². The quantitative estimate of drug-likeness (QED) is 0.641. The lowest BCUT2D eigenvalue weighted by atomic mass is 9.87. The predicted octanol–water partition coefficient (Wildman–Crippen LogP) is 2.97. The van der Waals surface area contributed by atoms with Crippen LogP contribution >= 0.6 is 0 Å². The molecule has 0 aromatic carbocycles. The van der Waals surface area contributed by atoms with Crippen LogP contribution in [0.2, 0.25) is 0 Å².